The number of nitrogens with zero attached hydrogens (tertiary/aromatic N) is 2. The summed E-state index contributed by atoms with van der Waals surface area (Å²) in [7, 11) is 0. The van der Waals surface area contributed by atoms with Gasteiger partial charge in [-0.05, 0) is 59.1 Å². The van der Waals surface area contributed by atoms with E-state index in [9.17, 15) is 24.4 Å². The second-order valence-electron chi connectivity index (χ2n) is 11.8. The van der Waals surface area contributed by atoms with E-state index in [1.807, 2.05) is 0 Å². The van der Waals surface area contributed by atoms with E-state index >= 15 is 0 Å². The highest BCUT2D eigenvalue weighted by atomic mass is 35.5. The van der Waals surface area contributed by atoms with E-state index in [2.05, 4.69) is 4.98 Å². The lowest BCUT2D eigenvalue weighted by atomic mass is 10.1. The van der Waals surface area contributed by atoms with Crippen molar-refractivity contribution in [2.75, 3.05) is 19.8 Å². The van der Waals surface area contributed by atoms with Crippen molar-refractivity contribution in [3.63, 3.8) is 0 Å². The number of H-pyrrole nitrogens is 1. The largest absolute Gasteiger partial charge is 0.386 e. The van der Waals surface area contributed by atoms with Gasteiger partial charge in [0.1, 0.15) is 31.5 Å². The van der Waals surface area contributed by atoms with Gasteiger partial charge >= 0.3 is 17.5 Å². The number of amides is 2. The second-order valence-corrected chi connectivity index (χ2v) is 13.5. The molecule has 16 heteroatoms. The van der Waals surface area contributed by atoms with Gasteiger partial charge in [-0.2, -0.15) is 0 Å². The molecule has 0 unspecified atom stereocenters. The van der Waals surface area contributed by atoms with Crippen LogP contribution in [0.1, 0.15) is 43.6 Å². The summed E-state index contributed by atoms with van der Waals surface area (Å²) in [5.74, 6) is -1.59. The maximum Gasteiger partial charge on any atom is 0.386 e. The van der Waals surface area contributed by atoms with E-state index in [4.69, 9.17) is 65.4 Å². The summed E-state index contributed by atoms with van der Waals surface area (Å²) < 4.78 is 24.6. The topological polar surface area (TPSA) is 146 Å². The lowest BCUT2D eigenvalue weighted by Crippen LogP contribution is -2.52. The van der Waals surface area contributed by atoms with Crippen LogP contribution in [0.2, 0.25) is 20.1 Å². The quantitative estimate of drug-likeness (QED) is 0.105. The monoisotopic (exact) mass is 764 g/mol. The number of hydrogen-bond donors (Lipinski definition) is 2. The van der Waals surface area contributed by atoms with Crippen LogP contribution in [0.15, 0.2) is 76.4 Å². The van der Waals surface area contributed by atoms with Crippen LogP contribution >= 0.6 is 46.4 Å². The summed E-state index contributed by atoms with van der Waals surface area (Å²) in [5.41, 5.74) is 0.305. The van der Waals surface area contributed by atoms with Gasteiger partial charge in [-0.25, -0.2) is 19.6 Å². The van der Waals surface area contributed by atoms with E-state index in [0.29, 0.717) is 31.2 Å². The van der Waals surface area contributed by atoms with Crippen LogP contribution in [-0.2, 0) is 32.2 Å². The Labute approximate surface area is 305 Å². The van der Waals surface area contributed by atoms with Crippen molar-refractivity contribution in [2.24, 2.45) is 0 Å². The maximum atomic E-state index is 13.1. The Bertz CT molecular complexity index is 2040. The molecule has 6 rings (SSSR count). The van der Waals surface area contributed by atoms with E-state index in [-0.39, 0.29) is 43.1 Å². The molecular formula is C34H30Cl4N3O9+. The van der Waals surface area contributed by atoms with E-state index < -0.39 is 58.8 Å². The summed E-state index contributed by atoms with van der Waals surface area (Å²) >= 11 is 24.9. The fourth-order valence-corrected chi connectivity index (χ4v) is 6.77. The van der Waals surface area contributed by atoms with Crippen LogP contribution in [0.5, 0.6) is 0 Å². The predicted molar refractivity (Wildman–Crippen MR) is 183 cm³/mol. The zero-order chi connectivity index (χ0) is 35.7. The third-order valence-electron chi connectivity index (χ3n) is 8.49. The first-order valence-electron chi connectivity index (χ1n) is 15.3. The number of benzene rings is 3. The van der Waals surface area contributed by atoms with Crippen molar-refractivity contribution < 1.29 is 38.4 Å². The fraction of sp³-hybridized carbons (Fsp3) is 0.294. The van der Waals surface area contributed by atoms with Gasteiger partial charge in [0.05, 0.1) is 30.9 Å². The predicted octanol–water partition coefficient (Wildman–Crippen LogP) is 5.74. The molecule has 1 fully saturated rings. The molecule has 50 heavy (non-hydrogen) atoms. The zero-order valence-electron chi connectivity index (χ0n) is 26.3. The highest BCUT2D eigenvalue weighted by molar-refractivity contribution is 6.35. The highest BCUT2D eigenvalue weighted by Gasteiger charge is 2.55. The van der Waals surface area contributed by atoms with Crippen molar-refractivity contribution in [3.8, 4) is 0 Å². The summed E-state index contributed by atoms with van der Waals surface area (Å²) in [6, 6.07) is 16.0. The number of imide groups is 1. The Morgan fingerprint density at radius 1 is 0.840 bits per heavy atom. The lowest BCUT2D eigenvalue weighted by Gasteiger charge is -2.27. The molecule has 12 nitrogen and oxygen atoms in total. The van der Waals surface area contributed by atoms with Crippen molar-refractivity contribution >= 4 is 58.2 Å². The van der Waals surface area contributed by atoms with Crippen LogP contribution in [0.4, 0.5) is 0 Å². The van der Waals surface area contributed by atoms with Crippen LogP contribution in [0.3, 0.4) is 0 Å². The van der Waals surface area contributed by atoms with Crippen LogP contribution in [-0.4, -0.2) is 69.3 Å². The van der Waals surface area contributed by atoms with Gasteiger partial charge in [-0.1, -0.05) is 70.7 Å². The summed E-state index contributed by atoms with van der Waals surface area (Å²) in [6.07, 6.45) is -2.79. The van der Waals surface area contributed by atoms with Crippen molar-refractivity contribution in [3.05, 3.63) is 136 Å². The van der Waals surface area contributed by atoms with Gasteiger partial charge in [-0.3, -0.25) is 14.3 Å². The van der Waals surface area contributed by atoms with Crippen LogP contribution in [0, 0.1) is 6.92 Å². The fourth-order valence-electron chi connectivity index (χ4n) is 5.84. The molecule has 262 valence electrons. The minimum absolute atomic E-state index is 0.0397. The molecule has 1 saturated heterocycles. The highest BCUT2D eigenvalue weighted by Crippen LogP contribution is 2.36. The molecule has 3 heterocycles. The SMILES string of the molecule is Cc1cn([C@@H]2O[C@H](COCc3ccc(Cl)cc3Cl)[C@@H](OCc3ccc(Cl)cc3Cl)[C@H]2OCC[N+]2(O)C(=O)c3ccccc3C2=O)c(=O)[nH]c1=O. The first kappa shape index (κ1) is 36.4. The molecule has 0 radical (unpaired) electrons. The number of fused-ring (bicyclic) bond motifs is 1. The van der Waals surface area contributed by atoms with E-state index in [1.54, 1.807) is 48.5 Å². The molecule has 2 aliphatic rings. The number of halogens is 4. The Balaban J connectivity index is 1.29. The number of nitrogens with one attached hydrogen (secondary N) is 1. The van der Waals surface area contributed by atoms with Gasteiger partial charge in [-0.15, -0.1) is 0 Å². The number of rotatable bonds is 12. The van der Waals surface area contributed by atoms with Crippen LogP contribution in [0.25, 0.3) is 0 Å². The number of aromatic nitrogens is 2. The maximum absolute atomic E-state index is 13.1. The Kier molecular flexibility index (Phi) is 11.0. The lowest BCUT2D eigenvalue weighted by molar-refractivity contribution is -0.965. The average Bonchev–Trinajstić information content (AvgIpc) is 3.51. The average molecular weight is 766 g/mol. The van der Waals surface area contributed by atoms with Crippen LogP contribution < -0.4 is 11.2 Å². The Hall–Kier alpha value is -3.40. The molecule has 3 aromatic carbocycles. The molecular weight excluding hydrogens is 736 g/mol. The summed E-state index contributed by atoms with van der Waals surface area (Å²) in [4.78, 5) is 53.9. The van der Waals surface area contributed by atoms with Gasteiger partial charge in [0.25, 0.3) is 5.56 Å². The number of hydroxylamine groups is 3. The molecule has 4 atom stereocenters. The number of carbonyl (C=O) groups is 2. The second kappa shape index (κ2) is 15.1. The first-order valence-corrected chi connectivity index (χ1v) is 16.8. The van der Waals surface area contributed by atoms with Gasteiger partial charge in [0.2, 0.25) is 0 Å². The smallest absolute Gasteiger partial charge is 0.374 e. The molecule has 0 bridgehead atoms. The molecule has 2 aliphatic heterocycles. The molecule has 4 aromatic rings. The normalized spacial score (nSPS) is 21.2. The Morgan fingerprint density at radius 3 is 2.04 bits per heavy atom. The zero-order valence-corrected chi connectivity index (χ0v) is 29.3. The number of ether oxygens (including phenoxy) is 4. The van der Waals surface area contributed by atoms with Gasteiger partial charge < -0.3 is 18.9 Å². The molecule has 2 N–H and O–H groups in total. The van der Waals surface area contributed by atoms with Crippen molar-refractivity contribution in [1.82, 2.24) is 9.55 Å². The number of aromatic amines is 1. The van der Waals surface area contributed by atoms with E-state index in [1.165, 1.54) is 25.3 Å². The minimum atomic E-state index is -1.53. The third-order valence-corrected chi connectivity index (χ3v) is 9.67. The third kappa shape index (κ3) is 7.32. The standard InChI is InChI=1S/C34H29Cl4N3O9/c1-18-14-40(34(45)39-30(18)42)31-29(48-11-10-41(46)32(43)23-4-2-3-5-24(23)33(41)44)28(49-16-20-7-9-22(36)13-26(20)38)27(50-31)17-47-15-19-6-8-21(35)12-25(19)37/h2-9,12-14,27-29,31,46H,10-11,15-17H2,1H3/p+1/t27-,28-,29-,31-/m1/s1. The number of quaternary nitrogens is 1. The summed E-state index contributed by atoms with van der Waals surface area (Å²) in [6.45, 7) is 0.684. The molecule has 2 amide bonds. The summed E-state index contributed by atoms with van der Waals surface area (Å²) in [5, 5.41) is 12.9. The minimum Gasteiger partial charge on any atom is -0.374 e. The van der Waals surface area contributed by atoms with Crippen molar-refractivity contribution in [2.45, 2.75) is 44.7 Å². The molecule has 0 spiro atoms. The number of hydrogen-bond acceptors (Lipinski definition) is 9. The molecule has 1 aromatic heterocycles. The van der Waals surface area contributed by atoms with Crippen molar-refractivity contribution in [1.29, 1.82) is 0 Å². The van der Waals surface area contributed by atoms with Gasteiger partial charge in [0, 0.05) is 31.9 Å². The van der Waals surface area contributed by atoms with E-state index in [0.717, 1.165) is 4.57 Å². The number of aryl methyl sites for hydroxylation is 1. The molecule has 0 saturated carbocycles. The Morgan fingerprint density at radius 2 is 1.44 bits per heavy atom. The number of carbonyl (C=O) groups excluding carboxylic acids is 2. The van der Waals surface area contributed by atoms with Gasteiger partial charge in [0.15, 0.2) is 6.23 Å². The first-order chi connectivity index (χ1) is 23.9. The molecule has 0 aliphatic carbocycles.